The summed E-state index contributed by atoms with van der Waals surface area (Å²) in [6, 6.07) is 8.98. The zero-order chi connectivity index (χ0) is 18.8. The van der Waals surface area contributed by atoms with Gasteiger partial charge >= 0.3 is 0 Å². The van der Waals surface area contributed by atoms with Gasteiger partial charge in [0.1, 0.15) is 5.82 Å². The highest BCUT2D eigenvalue weighted by atomic mass is 35.5. The summed E-state index contributed by atoms with van der Waals surface area (Å²) in [6.45, 7) is 3.33. The predicted octanol–water partition coefficient (Wildman–Crippen LogP) is 3.71. The molecule has 0 unspecified atom stereocenters. The van der Waals surface area contributed by atoms with Gasteiger partial charge in [0.2, 0.25) is 0 Å². The van der Waals surface area contributed by atoms with E-state index in [-0.39, 0.29) is 42.2 Å². The molecule has 6 nitrogen and oxygen atoms in total. The lowest BCUT2D eigenvalue weighted by Gasteiger charge is -2.19. The normalized spacial score (nSPS) is 12.3. The molecule has 1 aliphatic heterocycles. The van der Waals surface area contributed by atoms with E-state index < -0.39 is 0 Å². The van der Waals surface area contributed by atoms with Gasteiger partial charge in [0, 0.05) is 12.7 Å². The van der Waals surface area contributed by atoms with Crippen molar-refractivity contribution in [2.75, 3.05) is 11.9 Å². The number of pyridine rings is 1. The molecule has 154 valence electrons. The maximum atomic E-state index is 14.8. The molecule has 0 saturated carbocycles. The van der Waals surface area contributed by atoms with Crippen molar-refractivity contribution >= 4 is 36.4 Å². The molecule has 0 radical (unpaired) electrons. The van der Waals surface area contributed by atoms with Crippen molar-refractivity contribution in [3.8, 4) is 5.82 Å². The van der Waals surface area contributed by atoms with Gasteiger partial charge in [0.25, 0.3) is 5.91 Å². The molecule has 9 heteroatoms. The molecule has 0 atom stereocenters. The Hall–Kier alpha value is -2.48. The number of halogens is 3. The summed E-state index contributed by atoms with van der Waals surface area (Å²) in [5.74, 6) is -0.0832. The Kier molecular flexibility index (Phi) is 7.73. The topological polar surface area (TPSA) is 71.8 Å². The number of anilines is 1. The first-order chi connectivity index (χ1) is 13.2. The zero-order valence-corrected chi connectivity index (χ0v) is 17.4. The van der Waals surface area contributed by atoms with Crippen molar-refractivity contribution in [2.24, 2.45) is 0 Å². The largest absolute Gasteiger partial charge is 0.319 e. The van der Waals surface area contributed by atoms with Gasteiger partial charge in [-0.05, 0) is 48.7 Å². The summed E-state index contributed by atoms with van der Waals surface area (Å²) in [5.41, 5.74) is 2.96. The molecule has 0 saturated heterocycles. The second-order valence-electron chi connectivity index (χ2n) is 6.40. The van der Waals surface area contributed by atoms with E-state index in [4.69, 9.17) is 0 Å². The number of rotatable bonds is 4. The molecule has 0 fully saturated rings. The van der Waals surface area contributed by atoms with Crippen LogP contribution in [-0.2, 0) is 19.4 Å². The van der Waals surface area contributed by atoms with Gasteiger partial charge in [-0.25, -0.2) is 14.1 Å². The number of carbonyl (C=O) groups is 1. The fourth-order valence-electron chi connectivity index (χ4n) is 3.40. The van der Waals surface area contributed by atoms with Crippen molar-refractivity contribution in [1.29, 1.82) is 0 Å². The molecule has 0 bridgehead atoms. The molecular weight excluding hydrogens is 416 g/mol. The molecule has 3 aromatic rings. The molecule has 3 heterocycles. The van der Waals surface area contributed by atoms with E-state index in [1.54, 1.807) is 16.9 Å². The van der Waals surface area contributed by atoms with Gasteiger partial charge in [0.15, 0.2) is 5.82 Å². The number of amides is 1. The summed E-state index contributed by atoms with van der Waals surface area (Å²) in [7, 11) is 0. The van der Waals surface area contributed by atoms with Crippen molar-refractivity contribution in [3.05, 3.63) is 70.9 Å². The molecule has 1 aromatic carbocycles. The molecule has 2 aromatic heterocycles. The van der Waals surface area contributed by atoms with Gasteiger partial charge in [0.05, 0.1) is 23.1 Å². The minimum Gasteiger partial charge on any atom is -0.319 e. The van der Waals surface area contributed by atoms with E-state index in [1.807, 2.05) is 31.2 Å². The van der Waals surface area contributed by atoms with Crippen LogP contribution in [-0.4, -0.2) is 27.2 Å². The van der Waals surface area contributed by atoms with Crippen LogP contribution in [0.1, 0.15) is 34.1 Å². The van der Waals surface area contributed by atoms with Crippen molar-refractivity contribution in [3.63, 3.8) is 0 Å². The summed E-state index contributed by atoms with van der Waals surface area (Å²) < 4.78 is 16.5. The number of benzene rings is 1. The number of fused-ring (bicyclic) bond motifs is 1. The van der Waals surface area contributed by atoms with Crippen molar-refractivity contribution in [2.45, 2.75) is 26.3 Å². The second kappa shape index (κ2) is 9.82. The predicted molar refractivity (Wildman–Crippen MR) is 115 cm³/mol. The lowest BCUT2D eigenvalue weighted by molar-refractivity contribution is 0.102. The van der Waals surface area contributed by atoms with Crippen LogP contribution < -0.4 is 10.6 Å². The number of carbonyl (C=O) groups excluding carboxylic acids is 1. The summed E-state index contributed by atoms with van der Waals surface area (Å²) in [6.07, 6.45) is 4.39. The molecule has 4 rings (SSSR count). The lowest BCUT2D eigenvalue weighted by atomic mass is 9.99. The molecule has 0 spiro atoms. The second-order valence-corrected chi connectivity index (χ2v) is 6.40. The number of hydrogen-bond donors (Lipinski definition) is 2. The molecule has 29 heavy (non-hydrogen) atoms. The quantitative estimate of drug-likeness (QED) is 0.652. The third-order valence-corrected chi connectivity index (χ3v) is 4.77. The molecule has 1 aliphatic rings. The highest BCUT2D eigenvalue weighted by Crippen LogP contribution is 2.25. The Labute approximate surface area is 180 Å². The van der Waals surface area contributed by atoms with E-state index >= 15 is 0 Å². The van der Waals surface area contributed by atoms with Gasteiger partial charge in [-0.1, -0.05) is 19.1 Å². The summed E-state index contributed by atoms with van der Waals surface area (Å²) in [4.78, 5) is 17.1. The van der Waals surface area contributed by atoms with Crippen LogP contribution in [0.2, 0.25) is 0 Å². The zero-order valence-electron chi connectivity index (χ0n) is 15.8. The monoisotopic (exact) mass is 437 g/mol. The number of hydrogen-bond acceptors (Lipinski definition) is 4. The Morgan fingerprint density at radius 1 is 1.28 bits per heavy atom. The molecule has 2 N–H and O–H groups in total. The minimum absolute atomic E-state index is 0. The van der Waals surface area contributed by atoms with Crippen LogP contribution in [0.25, 0.3) is 5.82 Å². The van der Waals surface area contributed by atoms with Crippen molar-refractivity contribution < 1.29 is 9.18 Å². The van der Waals surface area contributed by atoms with E-state index in [2.05, 4.69) is 20.7 Å². The van der Waals surface area contributed by atoms with E-state index in [0.717, 1.165) is 17.8 Å². The Morgan fingerprint density at radius 3 is 2.83 bits per heavy atom. The van der Waals surface area contributed by atoms with Crippen LogP contribution in [0, 0.1) is 5.82 Å². The highest BCUT2D eigenvalue weighted by molar-refractivity contribution is 6.05. The van der Waals surface area contributed by atoms with Crippen LogP contribution in [0.3, 0.4) is 0 Å². The Balaban J connectivity index is 0.00000150. The third-order valence-electron chi connectivity index (χ3n) is 4.77. The first kappa shape index (κ1) is 22.8. The maximum Gasteiger partial charge on any atom is 0.259 e. The van der Waals surface area contributed by atoms with Crippen molar-refractivity contribution in [1.82, 2.24) is 20.1 Å². The summed E-state index contributed by atoms with van der Waals surface area (Å²) >= 11 is 0. The average Bonchev–Trinajstić information content (AvgIpc) is 3.15. The number of aromatic nitrogens is 3. The first-order valence-corrected chi connectivity index (χ1v) is 8.99. The Bertz CT molecular complexity index is 994. The summed E-state index contributed by atoms with van der Waals surface area (Å²) in [5, 5.41) is 10.2. The van der Waals surface area contributed by atoms with Gasteiger partial charge in [-0.2, -0.15) is 5.10 Å². The fraction of sp³-hybridized carbons (Fsp3) is 0.250. The van der Waals surface area contributed by atoms with Crippen LogP contribution in [0.15, 0.2) is 42.7 Å². The van der Waals surface area contributed by atoms with Crippen LogP contribution in [0.5, 0.6) is 0 Å². The Morgan fingerprint density at radius 2 is 2.10 bits per heavy atom. The first-order valence-electron chi connectivity index (χ1n) is 8.99. The SMILES string of the molecule is CCc1c(C(=O)Nc2ccc3c(c2F)CCNC3)cnn1-c1ccccn1.Cl.Cl. The van der Waals surface area contributed by atoms with Gasteiger partial charge < -0.3 is 10.6 Å². The van der Waals surface area contributed by atoms with Crippen LogP contribution >= 0.6 is 24.8 Å². The number of nitrogens with one attached hydrogen (secondary N) is 2. The van der Waals surface area contributed by atoms with E-state index in [9.17, 15) is 9.18 Å². The molecule has 1 amide bonds. The third kappa shape index (κ3) is 4.42. The van der Waals surface area contributed by atoms with Crippen LogP contribution in [0.4, 0.5) is 10.1 Å². The lowest BCUT2D eigenvalue weighted by Crippen LogP contribution is -2.25. The molecule has 0 aliphatic carbocycles. The fourth-order valence-corrected chi connectivity index (χ4v) is 3.40. The van der Waals surface area contributed by atoms with Gasteiger partial charge in [-0.3, -0.25) is 4.79 Å². The minimum atomic E-state index is -0.373. The average molecular weight is 438 g/mol. The standard InChI is InChI=1S/C20H20FN5O.2ClH/c1-2-17-15(12-24-26(17)18-5-3-4-9-23-18)20(27)25-16-7-6-13-11-22-10-8-14(13)19(16)21;;/h3-7,9,12,22H,2,8,10-11H2,1H3,(H,25,27);2*1H. The molecular formula is C20H22Cl2FN5O. The smallest absolute Gasteiger partial charge is 0.259 e. The van der Waals surface area contributed by atoms with E-state index in [0.29, 0.717) is 36.3 Å². The number of nitrogens with zero attached hydrogens (tertiary/aromatic N) is 3. The maximum absolute atomic E-state index is 14.8. The highest BCUT2D eigenvalue weighted by Gasteiger charge is 2.21. The van der Waals surface area contributed by atoms with Gasteiger partial charge in [-0.15, -0.1) is 24.8 Å². The van der Waals surface area contributed by atoms with E-state index in [1.165, 1.54) is 6.20 Å².